The van der Waals surface area contributed by atoms with Gasteiger partial charge in [-0.05, 0) is 31.0 Å². The van der Waals surface area contributed by atoms with Crippen LogP contribution in [0.25, 0.3) is 0 Å². The van der Waals surface area contributed by atoms with Crippen molar-refractivity contribution in [3.8, 4) is 5.75 Å². The fourth-order valence-electron chi connectivity index (χ4n) is 1.91. The van der Waals surface area contributed by atoms with E-state index in [0.29, 0.717) is 11.8 Å². The predicted molar refractivity (Wildman–Crippen MR) is 58.9 cm³/mol. The molecule has 0 aliphatic carbocycles. The summed E-state index contributed by atoms with van der Waals surface area (Å²) in [5.41, 5.74) is 1.11. The van der Waals surface area contributed by atoms with Gasteiger partial charge >= 0.3 is 0 Å². The van der Waals surface area contributed by atoms with Crippen molar-refractivity contribution in [2.75, 3.05) is 13.2 Å². The monoisotopic (exact) mass is 207 g/mol. The zero-order valence-electron chi connectivity index (χ0n) is 8.94. The van der Waals surface area contributed by atoms with Crippen LogP contribution in [-0.4, -0.2) is 24.4 Å². The first-order valence-corrected chi connectivity index (χ1v) is 5.38. The molecule has 1 heterocycles. The molecule has 2 N–H and O–H groups in total. The maximum Gasteiger partial charge on any atom is 0.115 e. The molecular formula is C12H17NO2. The SMILES string of the molecule is CC(NC1CCOC1)c1cccc(O)c1. The Hall–Kier alpha value is -1.06. The summed E-state index contributed by atoms with van der Waals surface area (Å²) in [5.74, 6) is 0.323. The average Bonchev–Trinajstić information content (AvgIpc) is 2.70. The van der Waals surface area contributed by atoms with Gasteiger partial charge in [-0.3, -0.25) is 0 Å². The molecule has 0 amide bonds. The average molecular weight is 207 g/mol. The van der Waals surface area contributed by atoms with E-state index >= 15 is 0 Å². The summed E-state index contributed by atoms with van der Waals surface area (Å²) >= 11 is 0. The second kappa shape index (κ2) is 4.64. The van der Waals surface area contributed by atoms with Crippen LogP contribution in [0.4, 0.5) is 0 Å². The van der Waals surface area contributed by atoms with Crippen LogP contribution in [0.2, 0.25) is 0 Å². The first kappa shape index (κ1) is 10.5. The van der Waals surface area contributed by atoms with E-state index in [2.05, 4.69) is 12.2 Å². The highest BCUT2D eigenvalue weighted by Gasteiger charge is 2.18. The van der Waals surface area contributed by atoms with Crippen LogP contribution in [0.5, 0.6) is 5.75 Å². The summed E-state index contributed by atoms with van der Waals surface area (Å²) in [6.45, 7) is 3.75. The lowest BCUT2D eigenvalue weighted by molar-refractivity contribution is 0.188. The molecule has 0 spiro atoms. The molecule has 3 nitrogen and oxygen atoms in total. The number of aromatic hydroxyl groups is 1. The molecule has 0 bridgehead atoms. The molecule has 82 valence electrons. The number of nitrogens with one attached hydrogen (secondary N) is 1. The van der Waals surface area contributed by atoms with Crippen LogP contribution in [0, 0.1) is 0 Å². The van der Waals surface area contributed by atoms with Gasteiger partial charge in [0.05, 0.1) is 6.61 Å². The molecule has 2 atom stereocenters. The van der Waals surface area contributed by atoms with Gasteiger partial charge in [0.25, 0.3) is 0 Å². The summed E-state index contributed by atoms with van der Waals surface area (Å²) in [6.07, 6.45) is 1.07. The zero-order chi connectivity index (χ0) is 10.7. The van der Waals surface area contributed by atoms with Crippen molar-refractivity contribution in [3.05, 3.63) is 29.8 Å². The Morgan fingerprint density at radius 1 is 1.53 bits per heavy atom. The van der Waals surface area contributed by atoms with Crippen LogP contribution in [-0.2, 0) is 4.74 Å². The molecule has 1 saturated heterocycles. The molecule has 2 unspecified atom stereocenters. The van der Waals surface area contributed by atoms with Crippen molar-refractivity contribution >= 4 is 0 Å². The standard InChI is InChI=1S/C12H17NO2/c1-9(13-11-5-6-15-8-11)10-3-2-4-12(14)7-10/h2-4,7,9,11,13-14H,5-6,8H2,1H3. The third kappa shape index (κ3) is 2.70. The van der Waals surface area contributed by atoms with Gasteiger partial charge in [-0.25, -0.2) is 0 Å². The van der Waals surface area contributed by atoms with Crippen molar-refractivity contribution < 1.29 is 9.84 Å². The van der Waals surface area contributed by atoms with E-state index in [1.54, 1.807) is 12.1 Å². The first-order valence-electron chi connectivity index (χ1n) is 5.38. The molecule has 3 heteroatoms. The third-order valence-corrected chi connectivity index (χ3v) is 2.79. The Morgan fingerprint density at radius 2 is 2.40 bits per heavy atom. The first-order chi connectivity index (χ1) is 7.25. The van der Waals surface area contributed by atoms with Gasteiger partial charge in [0.15, 0.2) is 0 Å². The van der Waals surface area contributed by atoms with Crippen molar-refractivity contribution in [1.29, 1.82) is 0 Å². The molecule has 1 aromatic rings. The summed E-state index contributed by atoms with van der Waals surface area (Å²) in [6, 6.07) is 8.08. The number of ether oxygens (including phenoxy) is 1. The van der Waals surface area contributed by atoms with Crippen LogP contribution >= 0.6 is 0 Å². The van der Waals surface area contributed by atoms with E-state index in [4.69, 9.17) is 4.74 Å². The van der Waals surface area contributed by atoms with E-state index in [9.17, 15) is 5.11 Å². The van der Waals surface area contributed by atoms with E-state index in [1.807, 2.05) is 12.1 Å². The highest BCUT2D eigenvalue weighted by molar-refractivity contribution is 5.29. The van der Waals surface area contributed by atoms with Gasteiger partial charge in [0, 0.05) is 18.7 Å². The molecule has 1 aliphatic heterocycles. The van der Waals surface area contributed by atoms with Crippen LogP contribution < -0.4 is 5.32 Å². The zero-order valence-corrected chi connectivity index (χ0v) is 8.94. The molecule has 1 aliphatic rings. The molecule has 1 fully saturated rings. The van der Waals surface area contributed by atoms with Crippen molar-refractivity contribution in [2.24, 2.45) is 0 Å². The van der Waals surface area contributed by atoms with Gasteiger partial charge in [0.2, 0.25) is 0 Å². The smallest absolute Gasteiger partial charge is 0.115 e. The maximum atomic E-state index is 9.37. The maximum absolute atomic E-state index is 9.37. The minimum atomic E-state index is 0.254. The fraction of sp³-hybridized carbons (Fsp3) is 0.500. The highest BCUT2D eigenvalue weighted by atomic mass is 16.5. The minimum absolute atomic E-state index is 0.254. The number of phenols is 1. The fourth-order valence-corrected chi connectivity index (χ4v) is 1.91. The Balaban J connectivity index is 1.97. The summed E-state index contributed by atoms with van der Waals surface area (Å²) in [7, 11) is 0. The number of hydrogen-bond acceptors (Lipinski definition) is 3. The van der Waals surface area contributed by atoms with Crippen molar-refractivity contribution in [2.45, 2.75) is 25.4 Å². The van der Waals surface area contributed by atoms with E-state index < -0.39 is 0 Å². The molecule has 1 aromatic carbocycles. The Kier molecular flexibility index (Phi) is 3.23. The number of benzene rings is 1. The second-order valence-corrected chi connectivity index (χ2v) is 4.04. The lowest BCUT2D eigenvalue weighted by Crippen LogP contribution is -2.31. The molecule has 2 rings (SSSR count). The van der Waals surface area contributed by atoms with Crippen LogP contribution in [0.3, 0.4) is 0 Å². The van der Waals surface area contributed by atoms with E-state index in [0.717, 1.165) is 25.2 Å². The normalized spacial score (nSPS) is 22.9. The third-order valence-electron chi connectivity index (χ3n) is 2.79. The van der Waals surface area contributed by atoms with E-state index in [-0.39, 0.29) is 6.04 Å². The summed E-state index contributed by atoms with van der Waals surface area (Å²) in [4.78, 5) is 0. The quantitative estimate of drug-likeness (QED) is 0.794. The van der Waals surface area contributed by atoms with Gasteiger partial charge in [-0.2, -0.15) is 0 Å². The van der Waals surface area contributed by atoms with Gasteiger partial charge in [-0.15, -0.1) is 0 Å². The molecule has 0 radical (unpaired) electrons. The van der Waals surface area contributed by atoms with Gasteiger partial charge in [0.1, 0.15) is 5.75 Å². The second-order valence-electron chi connectivity index (χ2n) is 4.04. The van der Waals surface area contributed by atoms with Gasteiger partial charge in [-0.1, -0.05) is 12.1 Å². The molecule has 0 aromatic heterocycles. The lowest BCUT2D eigenvalue weighted by Gasteiger charge is -2.18. The topological polar surface area (TPSA) is 41.5 Å². The van der Waals surface area contributed by atoms with Gasteiger partial charge < -0.3 is 15.2 Å². The van der Waals surface area contributed by atoms with Crippen molar-refractivity contribution in [1.82, 2.24) is 5.32 Å². The number of hydrogen-bond donors (Lipinski definition) is 2. The molecule has 15 heavy (non-hydrogen) atoms. The minimum Gasteiger partial charge on any atom is -0.508 e. The highest BCUT2D eigenvalue weighted by Crippen LogP contribution is 2.19. The number of phenolic OH excluding ortho intramolecular Hbond substituents is 1. The lowest BCUT2D eigenvalue weighted by atomic mass is 10.1. The number of rotatable bonds is 3. The van der Waals surface area contributed by atoms with Crippen LogP contribution in [0.1, 0.15) is 24.9 Å². The largest absolute Gasteiger partial charge is 0.508 e. The van der Waals surface area contributed by atoms with Crippen molar-refractivity contribution in [3.63, 3.8) is 0 Å². The summed E-state index contributed by atoms with van der Waals surface area (Å²) in [5, 5.41) is 12.9. The summed E-state index contributed by atoms with van der Waals surface area (Å²) < 4.78 is 5.31. The van der Waals surface area contributed by atoms with E-state index in [1.165, 1.54) is 0 Å². The Morgan fingerprint density at radius 3 is 3.07 bits per heavy atom. The Labute approximate surface area is 90.1 Å². The predicted octanol–water partition coefficient (Wildman–Crippen LogP) is 1.83. The van der Waals surface area contributed by atoms with Crippen LogP contribution in [0.15, 0.2) is 24.3 Å². The molecule has 0 saturated carbocycles. The Bertz CT molecular complexity index is 321. The molecular weight excluding hydrogens is 190 g/mol.